The number of amides is 1. The van der Waals surface area contributed by atoms with E-state index >= 15 is 0 Å². The normalized spacial score (nSPS) is 11.4. The summed E-state index contributed by atoms with van der Waals surface area (Å²) in [5.41, 5.74) is 1.16. The molecule has 2 aromatic rings. The predicted molar refractivity (Wildman–Crippen MR) is 73.3 cm³/mol. The van der Waals surface area contributed by atoms with Gasteiger partial charge in [-0.2, -0.15) is 4.68 Å². The number of carbonyl (C=O) groups is 1. The van der Waals surface area contributed by atoms with E-state index in [1.165, 1.54) is 4.68 Å². The van der Waals surface area contributed by atoms with Crippen LogP contribution in [0.1, 0.15) is 11.4 Å². The highest BCUT2D eigenvalue weighted by Gasteiger charge is 2.15. The van der Waals surface area contributed by atoms with E-state index in [1.807, 2.05) is 30.3 Å². The molecule has 0 aliphatic heterocycles. The molecular formula is C13H15N5O2. The fourth-order valence-electron chi connectivity index (χ4n) is 1.64. The molecule has 1 heterocycles. The number of hydrogen-bond acceptors (Lipinski definition) is 5. The molecular weight excluding hydrogens is 258 g/mol. The van der Waals surface area contributed by atoms with Gasteiger partial charge in [-0.25, -0.2) is 0 Å². The van der Waals surface area contributed by atoms with E-state index in [-0.39, 0.29) is 19.1 Å². The van der Waals surface area contributed by atoms with E-state index < -0.39 is 0 Å². The van der Waals surface area contributed by atoms with Gasteiger partial charge in [-0.05, 0) is 29.0 Å². The Morgan fingerprint density at radius 3 is 2.75 bits per heavy atom. The molecule has 0 bridgehead atoms. The molecule has 0 atom stereocenters. The number of nitrogens with zero attached hydrogens (tertiary/aromatic N) is 4. The Kier molecular flexibility index (Phi) is 4.56. The second-order valence-corrected chi connectivity index (χ2v) is 4.06. The molecule has 0 aliphatic rings. The van der Waals surface area contributed by atoms with Crippen LogP contribution in [0.5, 0.6) is 0 Å². The first-order chi connectivity index (χ1) is 9.72. The Hall–Kier alpha value is -2.54. The second kappa shape index (κ2) is 6.58. The molecule has 0 unspecified atom stereocenters. The van der Waals surface area contributed by atoms with Gasteiger partial charge in [0.25, 0.3) is 5.91 Å². The van der Waals surface area contributed by atoms with Crippen molar-refractivity contribution in [2.75, 3.05) is 13.2 Å². The van der Waals surface area contributed by atoms with Crippen LogP contribution in [0.25, 0.3) is 11.8 Å². The number of benzene rings is 1. The predicted octanol–water partition coefficient (Wildman–Crippen LogP) is 0.0881. The SMILES string of the molecule is Cc1nnnn1/C(=C/c1ccccc1)C(=O)NCCO. The summed E-state index contributed by atoms with van der Waals surface area (Å²) in [6.45, 7) is 1.75. The number of tetrazole rings is 1. The first-order valence-electron chi connectivity index (χ1n) is 6.13. The van der Waals surface area contributed by atoms with Crippen LogP contribution in [0.2, 0.25) is 0 Å². The lowest BCUT2D eigenvalue weighted by Crippen LogP contribution is -2.29. The third-order valence-electron chi connectivity index (χ3n) is 2.59. The lowest BCUT2D eigenvalue weighted by Gasteiger charge is -2.08. The quantitative estimate of drug-likeness (QED) is 0.753. The van der Waals surface area contributed by atoms with Crippen LogP contribution >= 0.6 is 0 Å². The minimum absolute atomic E-state index is 0.126. The topological polar surface area (TPSA) is 92.9 Å². The van der Waals surface area contributed by atoms with Gasteiger partial charge in [0.05, 0.1) is 6.61 Å². The van der Waals surface area contributed by atoms with E-state index in [4.69, 9.17) is 5.11 Å². The Bertz CT molecular complexity index is 606. The molecule has 0 aliphatic carbocycles. The van der Waals surface area contributed by atoms with Crippen molar-refractivity contribution in [2.24, 2.45) is 0 Å². The van der Waals surface area contributed by atoms with E-state index in [2.05, 4.69) is 20.8 Å². The van der Waals surface area contributed by atoms with Gasteiger partial charge in [-0.1, -0.05) is 30.3 Å². The van der Waals surface area contributed by atoms with Gasteiger partial charge < -0.3 is 10.4 Å². The fraction of sp³-hybridized carbons (Fsp3) is 0.231. The lowest BCUT2D eigenvalue weighted by atomic mass is 10.2. The standard InChI is InChI=1S/C13H15N5O2/c1-10-15-16-17-18(10)12(13(20)14-7-8-19)9-11-5-3-2-4-6-11/h2-6,9,19H,7-8H2,1H3,(H,14,20)/b12-9+. The maximum absolute atomic E-state index is 12.2. The van der Waals surface area contributed by atoms with Crippen LogP contribution in [-0.4, -0.2) is 44.4 Å². The molecule has 2 N–H and O–H groups in total. The highest BCUT2D eigenvalue weighted by Crippen LogP contribution is 2.11. The summed E-state index contributed by atoms with van der Waals surface area (Å²) >= 11 is 0. The molecule has 2 rings (SSSR count). The van der Waals surface area contributed by atoms with Crippen molar-refractivity contribution in [3.63, 3.8) is 0 Å². The molecule has 0 spiro atoms. The van der Waals surface area contributed by atoms with Crippen LogP contribution in [-0.2, 0) is 4.79 Å². The molecule has 0 saturated heterocycles. The van der Waals surface area contributed by atoms with Crippen molar-refractivity contribution in [1.29, 1.82) is 0 Å². The molecule has 7 heteroatoms. The third kappa shape index (κ3) is 3.27. The van der Waals surface area contributed by atoms with Gasteiger partial charge in [0, 0.05) is 6.54 Å². The molecule has 0 fully saturated rings. The van der Waals surface area contributed by atoms with Crippen LogP contribution in [0, 0.1) is 6.92 Å². The number of nitrogens with one attached hydrogen (secondary N) is 1. The summed E-state index contributed by atoms with van der Waals surface area (Å²) in [4.78, 5) is 12.2. The van der Waals surface area contributed by atoms with Crippen molar-refractivity contribution in [3.05, 3.63) is 41.7 Å². The molecule has 0 radical (unpaired) electrons. The highest BCUT2D eigenvalue weighted by molar-refractivity contribution is 6.18. The van der Waals surface area contributed by atoms with E-state index in [9.17, 15) is 4.79 Å². The van der Waals surface area contributed by atoms with Crippen molar-refractivity contribution in [3.8, 4) is 0 Å². The maximum Gasteiger partial charge on any atom is 0.270 e. The fourth-order valence-corrected chi connectivity index (χ4v) is 1.64. The Morgan fingerprint density at radius 1 is 1.40 bits per heavy atom. The number of carbonyl (C=O) groups excluding carboxylic acids is 1. The largest absolute Gasteiger partial charge is 0.395 e. The van der Waals surface area contributed by atoms with Crippen LogP contribution in [0.4, 0.5) is 0 Å². The summed E-state index contributed by atoms with van der Waals surface area (Å²) in [6.07, 6.45) is 1.69. The molecule has 7 nitrogen and oxygen atoms in total. The first kappa shape index (κ1) is 13.9. The summed E-state index contributed by atoms with van der Waals surface area (Å²) in [7, 11) is 0. The first-order valence-corrected chi connectivity index (χ1v) is 6.13. The van der Waals surface area contributed by atoms with Crippen molar-refractivity contribution < 1.29 is 9.90 Å². The van der Waals surface area contributed by atoms with Crippen LogP contribution < -0.4 is 5.32 Å². The van der Waals surface area contributed by atoms with Gasteiger partial charge in [0.1, 0.15) is 5.70 Å². The number of rotatable bonds is 5. The Balaban J connectivity index is 2.37. The number of hydrogen-bond donors (Lipinski definition) is 2. The van der Waals surface area contributed by atoms with E-state index in [1.54, 1.807) is 13.0 Å². The Morgan fingerprint density at radius 2 is 2.15 bits per heavy atom. The summed E-state index contributed by atoms with van der Waals surface area (Å²) in [5.74, 6) is 0.157. The van der Waals surface area contributed by atoms with Crippen molar-refractivity contribution >= 4 is 17.7 Å². The molecule has 0 saturated carbocycles. The molecule has 20 heavy (non-hydrogen) atoms. The number of aliphatic hydroxyl groups is 1. The van der Waals surface area contributed by atoms with Gasteiger partial charge in [-0.15, -0.1) is 5.10 Å². The monoisotopic (exact) mass is 273 g/mol. The smallest absolute Gasteiger partial charge is 0.270 e. The summed E-state index contributed by atoms with van der Waals surface area (Å²) in [6, 6.07) is 9.40. The van der Waals surface area contributed by atoms with Crippen LogP contribution in [0.15, 0.2) is 30.3 Å². The van der Waals surface area contributed by atoms with Crippen LogP contribution in [0.3, 0.4) is 0 Å². The average Bonchev–Trinajstić information content (AvgIpc) is 2.89. The van der Waals surface area contributed by atoms with E-state index in [0.717, 1.165) is 5.56 Å². The third-order valence-corrected chi connectivity index (χ3v) is 2.59. The maximum atomic E-state index is 12.2. The Labute approximate surface area is 115 Å². The zero-order valence-electron chi connectivity index (χ0n) is 11.0. The summed E-state index contributed by atoms with van der Waals surface area (Å²) in [5, 5.41) is 22.5. The zero-order chi connectivity index (χ0) is 14.4. The van der Waals surface area contributed by atoms with Gasteiger partial charge >= 0.3 is 0 Å². The van der Waals surface area contributed by atoms with Crippen molar-refractivity contribution in [1.82, 2.24) is 25.5 Å². The molecule has 104 valence electrons. The number of aromatic nitrogens is 4. The van der Waals surface area contributed by atoms with Gasteiger partial charge in [-0.3, -0.25) is 4.79 Å². The van der Waals surface area contributed by atoms with E-state index in [0.29, 0.717) is 11.5 Å². The average molecular weight is 273 g/mol. The lowest BCUT2D eigenvalue weighted by molar-refractivity contribution is -0.116. The molecule has 1 amide bonds. The number of aliphatic hydroxyl groups excluding tert-OH is 1. The molecule has 1 aromatic heterocycles. The number of aryl methyl sites for hydroxylation is 1. The minimum atomic E-state index is -0.349. The second-order valence-electron chi connectivity index (χ2n) is 4.06. The highest BCUT2D eigenvalue weighted by atomic mass is 16.3. The van der Waals surface area contributed by atoms with Gasteiger partial charge in [0.15, 0.2) is 5.82 Å². The van der Waals surface area contributed by atoms with Crippen molar-refractivity contribution in [2.45, 2.75) is 6.92 Å². The summed E-state index contributed by atoms with van der Waals surface area (Å²) < 4.78 is 1.36. The van der Waals surface area contributed by atoms with Gasteiger partial charge in [0.2, 0.25) is 0 Å². The zero-order valence-corrected chi connectivity index (χ0v) is 11.0. The molecule has 1 aromatic carbocycles. The minimum Gasteiger partial charge on any atom is -0.395 e.